The summed E-state index contributed by atoms with van der Waals surface area (Å²) in [6.07, 6.45) is 1.78. The minimum absolute atomic E-state index is 0.0346. The van der Waals surface area contributed by atoms with Crippen molar-refractivity contribution < 1.29 is 13.2 Å². The second-order valence-electron chi connectivity index (χ2n) is 5.68. The smallest absolute Gasteiger partial charge is 0.241 e. The van der Waals surface area contributed by atoms with Crippen molar-refractivity contribution in [3.63, 3.8) is 0 Å². The first-order chi connectivity index (χ1) is 9.79. The Morgan fingerprint density at radius 3 is 2.29 bits per heavy atom. The van der Waals surface area contributed by atoms with Crippen molar-refractivity contribution in [3.05, 3.63) is 24.3 Å². The molecule has 1 saturated carbocycles. The van der Waals surface area contributed by atoms with Gasteiger partial charge in [0, 0.05) is 11.7 Å². The van der Waals surface area contributed by atoms with Crippen molar-refractivity contribution in [1.29, 1.82) is 0 Å². The molecule has 0 aliphatic heterocycles. The molecule has 1 aromatic rings. The molecule has 7 heteroatoms. The second kappa shape index (κ2) is 6.13. The molecule has 0 saturated heterocycles. The molecule has 1 amide bonds. The summed E-state index contributed by atoms with van der Waals surface area (Å²) in [5.41, 5.74) is 6.28. The standard InChI is InChI=1S/C14H21N3O3S/c1-9(2)13(15)14(18)16-10-5-7-12(8-6-10)21(19,20)17-11-3-4-11/h5-9,11,13,17H,3-4,15H2,1-2H3,(H,16,18). The van der Waals surface area contributed by atoms with Gasteiger partial charge >= 0.3 is 0 Å². The summed E-state index contributed by atoms with van der Waals surface area (Å²) in [6.45, 7) is 3.73. The van der Waals surface area contributed by atoms with Crippen molar-refractivity contribution in [1.82, 2.24) is 4.72 Å². The van der Waals surface area contributed by atoms with Gasteiger partial charge in [0.15, 0.2) is 0 Å². The molecule has 1 unspecified atom stereocenters. The van der Waals surface area contributed by atoms with Crippen LogP contribution in [-0.2, 0) is 14.8 Å². The highest BCUT2D eigenvalue weighted by molar-refractivity contribution is 7.89. The van der Waals surface area contributed by atoms with Crippen LogP contribution in [0.5, 0.6) is 0 Å². The van der Waals surface area contributed by atoms with Crippen LogP contribution in [0.15, 0.2) is 29.2 Å². The molecule has 1 aliphatic rings. The summed E-state index contributed by atoms with van der Waals surface area (Å²) in [7, 11) is -3.46. The molecule has 116 valence electrons. The Morgan fingerprint density at radius 1 is 1.24 bits per heavy atom. The van der Waals surface area contributed by atoms with E-state index in [1.54, 1.807) is 12.1 Å². The van der Waals surface area contributed by atoms with E-state index in [0.29, 0.717) is 5.69 Å². The van der Waals surface area contributed by atoms with Crippen LogP contribution in [-0.4, -0.2) is 26.4 Å². The zero-order valence-electron chi connectivity index (χ0n) is 12.2. The topological polar surface area (TPSA) is 101 Å². The molecule has 0 bridgehead atoms. The van der Waals surface area contributed by atoms with Gasteiger partial charge in [-0.2, -0.15) is 0 Å². The number of nitrogens with one attached hydrogen (secondary N) is 2. The minimum Gasteiger partial charge on any atom is -0.325 e. The first kappa shape index (κ1) is 15.9. The summed E-state index contributed by atoms with van der Waals surface area (Å²) >= 11 is 0. The van der Waals surface area contributed by atoms with Gasteiger partial charge in [-0.25, -0.2) is 13.1 Å². The van der Waals surface area contributed by atoms with Crippen molar-refractivity contribution in [2.24, 2.45) is 11.7 Å². The van der Waals surface area contributed by atoms with E-state index in [-0.39, 0.29) is 22.8 Å². The van der Waals surface area contributed by atoms with E-state index in [0.717, 1.165) is 12.8 Å². The maximum Gasteiger partial charge on any atom is 0.241 e. The maximum absolute atomic E-state index is 12.0. The number of carbonyl (C=O) groups excluding carboxylic acids is 1. The summed E-state index contributed by atoms with van der Waals surface area (Å²) < 4.78 is 26.6. The number of hydrogen-bond donors (Lipinski definition) is 3. The van der Waals surface area contributed by atoms with Crippen molar-refractivity contribution in [2.75, 3.05) is 5.32 Å². The van der Waals surface area contributed by atoms with Crippen molar-refractivity contribution in [3.8, 4) is 0 Å². The molecule has 1 atom stereocenters. The molecular weight excluding hydrogens is 290 g/mol. The van der Waals surface area contributed by atoms with Crippen LogP contribution in [0.3, 0.4) is 0 Å². The Morgan fingerprint density at radius 2 is 1.81 bits per heavy atom. The predicted molar refractivity (Wildman–Crippen MR) is 81.2 cm³/mol. The third-order valence-electron chi connectivity index (χ3n) is 3.35. The zero-order valence-corrected chi connectivity index (χ0v) is 13.0. The number of hydrogen-bond acceptors (Lipinski definition) is 4. The zero-order chi connectivity index (χ0) is 15.6. The van der Waals surface area contributed by atoms with Gasteiger partial charge in [-0.3, -0.25) is 4.79 Å². The fraction of sp³-hybridized carbons (Fsp3) is 0.500. The molecule has 1 fully saturated rings. The highest BCUT2D eigenvalue weighted by Crippen LogP contribution is 2.22. The minimum atomic E-state index is -3.46. The molecule has 2 rings (SSSR count). The molecule has 21 heavy (non-hydrogen) atoms. The number of rotatable bonds is 6. The van der Waals surface area contributed by atoms with E-state index in [4.69, 9.17) is 5.73 Å². The Labute approximate surface area is 125 Å². The maximum atomic E-state index is 12.0. The molecule has 0 heterocycles. The van der Waals surface area contributed by atoms with E-state index in [9.17, 15) is 13.2 Å². The summed E-state index contributed by atoms with van der Waals surface area (Å²) in [5.74, 6) is -0.246. The Balaban J connectivity index is 2.03. The molecule has 1 aromatic carbocycles. The second-order valence-corrected chi connectivity index (χ2v) is 7.39. The van der Waals surface area contributed by atoms with Gasteiger partial charge in [0.05, 0.1) is 10.9 Å². The third kappa shape index (κ3) is 4.26. The predicted octanol–water partition coefficient (Wildman–Crippen LogP) is 1.05. The van der Waals surface area contributed by atoms with Crippen LogP contribution in [0.4, 0.5) is 5.69 Å². The molecule has 6 nitrogen and oxygen atoms in total. The molecule has 0 radical (unpaired) electrons. The first-order valence-electron chi connectivity index (χ1n) is 6.98. The van der Waals surface area contributed by atoms with Gasteiger partial charge in [0.2, 0.25) is 15.9 Å². The molecular formula is C14H21N3O3S. The lowest BCUT2D eigenvalue weighted by Crippen LogP contribution is -2.39. The highest BCUT2D eigenvalue weighted by Gasteiger charge is 2.27. The molecule has 0 aromatic heterocycles. The first-order valence-corrected chi connectivity index (χ1v) is 8.47. The van der Waals surface area contributed by atoms with Gasteiger partial charge in [0.25, 0.3) is 0 Å². The molecule has 1 aliphatic carbocycles. The van der Waals surface area contributed by atoms with Gasteiger partial charge in [-0.05, 0) is 43.0 Å². The summed E-state index contributed by atoms with van der Waals surface area (Å²) in [6, 6.07) is 5.55. The van der Waals surface area contributed by atoms with Gasteiger partial charge in [0.1, 0.15) is 0 Å². The number of nitrogens with two attached hydrogens (primary N) is 1. The van der Waals surface area contributed by atoms with Crippen LogP contribution in [0.25, 0.3) is 0 Å². The molecule has 4 N–H and O–H groups in total. The highest BCUT2D eigenvalue weighted by atomic mass is 32.2. The van der Waals surface area contributed by atoms with Gasteiger partial charge in [-0.15, -0.1) is 0 Å². The lowest BCUT2D eigenvalue weighted by Gasteiger charge is -2.15. The van der Waals surface area contributed by atoms with E-state index in [1.807, 2.05) is 13.8 Å². The summed E-state index contributed by atoms with van der Waals surface area (Å²) in [5, 5.41) is 2.68. The number of sulfonamides is 1. The number of carbonyl (C=O) groups is 1. The fourth-order valence-electron chi connectivity index (χ4n) is 1.73. The van der Waals surface area contributed by atoms with E-state index in [2.05, 4.69) is 10.0 Å². The van der Waals surface area contributed by atoms with Crippen LogP contribution in [0.1, 0.15) is 26.7 Å². The van der Waals surface area contributed by atoms with Crippen molar-refractivity contribution >= 4 is 21.6 Å². The Hall–Kier alpha value is -1.44. The lowest BCUT2D eigenvalue weighted by atomic mass is 10.1. The SMILES string of the molecule is CC(C)C(N)C(=O)Nc1ccc(S(=O)(=O)NC2CC2)cc1. The van der Waals surface area contributed by atoms with Crippen molar-refractivity contribution in [2.45, 2.75) is 43.7 Å². The van der Waals surface area contributed by atoms with Crippen LogP contribution < -0.4 is 15.8 Å². The summed E-state index contributed by atoms with van der Waals surface area (Å²) in [4.78, 5) is 12.0. The van der Waals surface area contributed by atoms with Crippen LogP contribution in [0, 0.1) is 5.92 Å². The molecule has 0 spiro atoms. The number of benzene rings is 1. The van der Waals surface area contributed by atoms with E-state index < -0.39 is 16.1 Å². The fourth-order valence-corrected chi connectivity index (χ4v) is 3.04. The number of anilines is 1. The monoisotopic (exact) mass is 311 g/mol. The van der Waals surface area contributed by atoms with Gasteiger partial charge < -0.3 is 11.1 Å². The van der Waals surface area contributed by atoms with Crippen LogP contribution in [0.2, 0.25) is 0 Å². The van der Waals surface area contributed by atoms with E-state index >= 15 is 0 Å². The average molecular weight is 311 g/mol. The van der Waals surface area contributed by atoms with Gasteiger partial charge in [-0.1, -0.05) is 13.8 Å². The lowest BCUT2D eigenvalue weighted by molar-refractivity contribution is -0.118. The largest absolute Gasteiger partial charge is 0.325 e. The quantitative estimate of drug-likeness (QED) is 0.731. The normalized spacial score (nSPS) is 16.8. The Bertz CT molecular complexity index is 607. The number of amides is 1. The third-order valence-corrected chi connectivity index (χ3v) is 4.89. The van der Waals surface area contributed by atoms with Crippen LogP contribution >= 0.6 is 0 Å². The Kier molecular flexibility index (Phi) is 4.65. The average Bonchev–Trinajstić information content (AvgIpc) is 3.21. The van der Waals surface area contributed by atoms with E-state index in [1.165, 1.54) is 12.1 Å².